The molecule has 8 N–H and O–H groups in total. The number of aromatic nitrogens is 1. The summed E-state index contributed by atoms with van der Waals surface area (Å²) in [6, 6.07) is 1.45. The van der Waals surface area contributed by atoms with Crippen molar-refractivity contribution in [2.45, 2.75) is 117 Å². The Hall–Kier alpha value is -7.77. The zero-order chi connectivity index (χ0) is 63.0. The number of rotatable bonds is 8. The lowest BCUT2D eigenvalue weighted by Gasteiger charge is -2.38. The summed E-state index contributed by atoms with van der Waals surface area (Å²) >= 11 is 0. The number of likely N-dealkylation sites (N-methyl/N-ethyl adjacent to an activating group) is 1. The normalized spacial score (nSPS) is 28.3. The molecule has 0 radical (unpaired) electrons. The van der Waals surface area contributed by atoms with E-state index in [1.807, 2.05) is 18.9 Å². The van der Waals surface area contributed by atoms with Crippen molar-refractivity contribution in [3.63, 3.8) is 0 Å². The number of carboxylic acid groups (broad SMARTS) is 1. The van der Waals surface area contributed by atoms with Gasteiger partial charge in [-0.1, -0.05) is 45.9 Å². The predicted octanol–water partition coefficient (Wildman–Crippen LogP) is 6.32. The van der Waals surface area contributed by atoms with Gasteiger partial charge < -0.3 is 79.3 Å². The number of benzene rings is 3. The van der Waals surface area contributed by atoms with E-state index >= 15 is 4.39 Å². The van der Waals surface area contributed by atoms with Crippen molar-refractivity contribution >= 4 is 62.9 Å². The Labute approximate surface area is 497 Å². The number of hydrogen-bond acceptors (Lipinski definition) is 20. The highest BCUT2D eigenvalue weighted by Crippen LogP contribution is 2.55. The van der Waals surface area contributed by atoms with Crippen LogP contribution in [0.2, 0.25) is 0 Å². The lowest BCUT2D eigenvalue weighted by molar-refractivity contribution is -0.160. The van der Waals surface area contributed by atoms with Crippen LogP contribution in [-0.4, -0.2) is 178 Å². The molecule has 3 aromatic carbocycles. The molecule has 23 nitrogen and oxygen atoms in total. The Morgan fingerprint density at radius 1 is 0.907 bits per heavy atom. The number of carboxylic acids is 1. The quantitative estimate of drug-likeness (QED) is 0.0414. The number of nitrogens with zero attached hydrogens (tertiary/aromatic N) is 5. The second-order valence-corrected chi connectivity index (χ2v) is 23.4. The highest BCUT2D eigenvalue weighted by molar-refractivity contribution is 6.24. The van der Waals surface area contributed by atoms with E-state index in [0.29, 0.717) is 43.1 Å². The summed E-state index contributed by atoms with van der Waals surface area (Å²) in [5, 5.41) is 79.6. The smallest absolute Gasteiger partial charge is 0.341 e. The van der Waals surface area contributed by atoms with Gasteiger partial charge in [-0.3, -0.25) is 24.2 Å². The van der Waals surface area contributed by atoms with Gasteiger partial charge in [0.25, 0.3) is 11.7 Å². The Bertz CT molecular complexity index is 3480. The molecule has 6 aliphatic rings. The Balaban J connectivity index is 0.000000294. The number of allylic oxidation sites excluding steroid dienone is 2. The number of aliphatic hydroxyl groups excluding tert-OH is 2. The average molecular weight is 1200 g/mol. The third-order valence-corrected chi connectivity index (χ3v) is 17.1. The van der Waals surface area contributed by atoms with Gasteiger partial charge in [-0.15, -0.1) is 0 Å². The largest absolute Gasteiger partial charge is 0.507 e. The number of aliphatic hydroxyl groups is 2. The van der Waals surface area contributed by atoms with Gasteiger partial charge in [0.2, 0.25) is 5.43 Å². The zero-order valence-electron chi connectivity index (χ0n) is 50.6. The van der Waals surface area contributed by atoms with E-state index in [1.165, 1.54) is 72.7 Å². The van der Waals surface area contributed by atoms with Crippen LogP contribution in [0.5, 0.6) is 28.7 Å². The van der Waals surface area contributed by atoms with Crippen LogP contribution in [0.3, 0.4) is 0 Å². The number of carbonyl (C=O) groups is 4. The number of nitrogens with one attached hydrogen (secondary N) is 2. The maximum absolute atomic E-state index is 15.1. The van der Waals surface area contributed by atoms with E-state index in [9.17, 15) is 54.6 Å². The van der Waals surface area contributed by atoms with Crippen molar-refractivity contribution in [2.75, 3.05) is 77.3 Å². The van der Waals surface area contributed by atoms with Gasteiger partial charge in [0.05, 0.1) is 71.0 Å². The fraction of sp³-hybridized carbons (Fsp3) is 0.516. The summed E-state index contributed by atoms with van der Waals surface area (Å²) in [6.45, 7) is 19.1. The number of halogens is 1. The zero-order valence-corrected chi connectivity index (χ0v) is 50.6. The molecule has 0 spiro atoms. The average Bonchev–Trinajstić information content (AvgIpc) is 1.53. The number of phenolic OH excluding ortho intramolecular Hbond substituents is 3. The summed E-state index contributed by atoms with van der Waals surface area (Å²) in [4.78, 5) is 68.7. The molecule has 1 aliphatic carbocycles. The van der Waals surface area contributed by atoms with Crippen molar-refractivity contribution in [1.82, 2.24) is 19.8 Å². The number of fused-ring (bicyclic) bond motifs is 15. The molecule has 1 unspecified atom stereocenters. The lowest BCUT2D eigenvalue weighted by atomic mass is 9.78. The van der Waals surface area contributed by atoms with E-state index in [1.54, 1.807) is 49.4 Å². The van der Waals surface area contributed by atoms with Crippen LogP contribution in [0.15, 0.2) is 58.3 Å². The van der Waals surface area contributed by atoms with Gasteiger partial charge >= 0.3 is 17.7 Å². The number of amides is 1. The van der Waals surface area contributed by atoms with Crippen molar-refractivity contribution in [2.24, 2.45) is 28.8 Å². The number of esters is 1. The van der Waals surface area contributed by atoms with Crippen molar-refractivity contribution in [3.05, 3.63) is 86.7 Å². The van der Waals surface area contributed by atoms with Gasteiger partial charge in [0, 0.05) is 125 Å². The number of piperazine rings is 2. The van der Waals surface area contributed by atoms with Gasteiger partial charge in [0.15, 0.2) is 17.3 Å². The molecule has 1 amide bonds. The van der Waals surface area contributed by atoms with Gasteiger partial charge in [-0.25, -0.2) is 9.18 Å². The first kappa shape index (κ1) is 64.2. The highest BCUT2D eigenvalue weighted by atomic mass is 19.1. The standard InChI is InChI=1S/C43H58N4O12.C19H22FN3O4/c1-21-12-11-13-22(2)42(55)45-33-28(20-44-47-17-15-46(9)16-18-47)37(52)30-31(38(33)53)36(51)26(6)40-32(30)41(54)43(8,59-40)57-19-14-29(56-10)23(3)39(58-27(7)48)25(5)35(50)24(4)34(21)49;1-10-8-22(6-5-21-10)16-14(20)7-12-15(18(16)27-2)23(11-3-4-11)9-13(17(12)24)19(25)26/h11-14,19-21,23-25,29,34-35,39,49-53H,15-18H2,1-10H3,(H,45,55);7,9-11,21H,3-6,8H2,1-2H3,(H,25,26)/b12-11+,19-14+,22-13-,44-20-;/t21-,23-,24-,25-,29+,34+,35+,39-,43+;/m1./s1. The van der Waals surface area contributed by atoms with Crippen LogP contribution in [0.1, 0.15) is 106 Å². The van der Waals surface area contributed by atoms with E-state index in [4.69, 9.17) is 23.7 Å². The maximum Gasteiger partial charge on any atom is 0.341 e. The summed E-state index contributed by atoms with van der Waals surface area (Å²) in [5.74, 6) is -9.93. The molecule has 5 aliphatic heterocycles. The predicted molar refractivity (Wildman–Crippen MR) is 320 cm³/mol. The molecule has 10 atom stereocenters. The number of ether oxygens (including phenoxy) is 5. The Morgan fingerprint density at radius 2 is 1.59 bits per heavy atom. The molecule has 4 aromatic rings. The molecule has 1 saturated carbocycles. The second kappa shape index (κ2) is 26.1. The Kier molecular flexibility index (Phi) is 19.5. The second-order valence-electron chi connectivity index (χ2n) is 23.4. The number of hydrazone groups is 1. The van der Waals surface area contributed by atoms with E-state index in [0.717, 1.165) is 38.5 Å². The molecule has 6 heterocycles. The summed E-state index contributed by atoms with van der Waals surface area (Å²) in [5.41, 5.74) is -0.587. The van der Waals surface area contributed by atoms with Crippen LogP contribution in [-0.2, 0) is 23.8 Å². The Morgan fingerprint density at radius 3 is 2.21 bits per heavy atom. The number of pyridine rings is 1. The summed E-state index contributed by atoms with van der Waals surface area (Å²) in [6.07, 6.45) is 8.00. The van der Waals surface area contributed by atoms with E-state index in [2.05, 4.69) is 20.6 Å². The number of Topliss-reactive ketones (excluding diaryl/α,β-unsaturated/α-hetero) is 1. The third kappa shape index (κ3) is 12.7. The molecule has 3 fully saturated rings. The number of carbonyl (C=O) groups excluding carboxylic acids is 3. The number of aromatic carboxylic acids is 1. The number of phenols is 3. The van der Waals surface area contributed by atoms with Crippen LogP contribution in [0.4, 0.5) is 15.8 Å². The minimum atomic E-state index is -2.04. The topological polar surface area (TPSA) is 304 Å². The van der Waals surface area contributed by atoms with Crippen LogP contribution in [0.25, 0.3) is 21.7 Å². The highest BCUT2D eigenvalue weighted by Gasteiger charge is 2.50. The molecular weight excluding hydrogens is 1120 g/mol. The number of ketones is 1. The molecule has 466 valence electrons. The van der Waals surface area contributed by atoms with Crippen molar-refractivity contribution in [1.29, 1.82) is 0 Å². The minimum absolute atomic E-state index is 0.0445. The number of anilines is 2. The van der Waals surface area contributed by atoms with Gasteiger partial charge in [0.1, 0.15) is 34.6 Å². The fourth-order valence-electron chi connectivity index (χ4n) is 11.8. The van der Waals surface area contributed by atoms with E-state index in [-0.39, 0.29) is 67.5 Å². The number of aromatic hydroxyl groups is 3. The van der Waals surface area contributed by atoms with Gasteiger partial charge in [-0.05, 0) is 52.8 Å². The molecule has 24 heteroatoms. The summed E-state index contributed by atoms with van der Waals surface area (Å²) in [7, 11) is 4.88. The molecule has 10 rings (SSSR count). The monoisotopic (exact) mass is 1200 g/mol. The molecular formula is C62H80FN7O16. The van der Waals surface area contributed by atoms with E-state index < -0.39 is 106 Å². The van der Waals surface area contributed by atoms with Crippen LogP contribution in [0, 0.1) is 36.4 Å². The maximum atomic E-state index is 15.1. The molecule has 86 heavy (non-hydrogen) atoms. The van der Waals surface area contributed by atoms with Gasteiger partial charge in [-0.2, -0.15) is 5.10 Å². The van der Waals surface area contributed by atoms with Crippen molar-refractivity contribution < 1.29 is 77.9 Å². The molecule has 2 saturated heterocycles. The van der Waals surface area contributed by atoms with Crippen molar-refractivity contribution in [3.8, 4) is 28.7 Å². The first-order valence-corrected chi connectivity index (χ1v) is 28.9. The summed E-state index contributed by atoms with van der Waals surface area (Å²) < 4.78 is 46.1. The number of methoxy groups -OCH3 is 2. The minimum Gasteiger partial charge on any atom is -0.507 e. The molecule has 5 bridgehead atoms. The fourth-order valence-corrected chi connectivity index (χ4v) is 11.8. The van der Waals surface area contributed by atoms with Crippen LogP contribution < -0.4 is 30.4 Å². The van der Waals surface area contributed by atoms with Crippen LogP contribution >= 0.6 is 0 Å². The third-order valence-electron chi connectivity index (χ3n) is 17.1. The lowest BCUT2D eigenvalue weighted by Crippen LogP contribution is -2.49. The molecule has 1 aromatic heterocycles. The first-order valence-electron chi connectivity index (χ1n) is 28.9. The SMILES string of the molecule is CO[C@H]1/C=C/O[C@@]2(C)Oc3c(C)c(O)c4c(O)c(c(/C=N\N5CCN(C)CC5)c(O)c4c3C2=O)NC(=O)/C(C)=C\C=C\[C@@H](C)[C@H](O)[C@@H](C)[C@H](O)[C@@H](C)[C@H](OC(C)=O)[C@@H]1C.COc1c(N2CCNC(C)C2)c(F)cc2c(=O)c(C(=O)O)cn(C3CC3)c12. The first-order chi connectivity index (χ1) is 40.6. The number of hydrogen-bond donors (Lipinski definition) is 8.